The Morgan fingerprint density at radius 3 is 2.29 bits per heavy atom. The summed E-state index contributed by atoms with van der Waals surface area (Å²) in [5.74, 6) is 0. The van der Waals surface area contributed by atoms with Crippen LogP contribution in [0.2, 0.25) is 0 Å². The van der Waals surface area contributed by atoms with Crippen LogP contribution in [0.3, 0.4) is 0 Å². The van der Waals surface area contributed by atoms with Gasteiger partial charge >= 0.3 is 6.03 Å². The number of primary amides is 1. The molecule has 17 heavy (non-hydrogen) atoms. The molecule has 0 aromatic carbocycles. The minimum atomic E-state index is -1.78. The van der Waals surface area contributed by atoms with Crippen LogP contribution in [0.25, 0.3) is 0 Å². The first-order valence-corrected chi connectivity index (χ1v) is 4.66. The highest BCUT2D eigenvalue weighted by molar-refractivity contribution is 5.71. The molecule has 10 heteroatoms. The highest BCUT2D eigenvalue weighted by Crippen LogP contribution is 2.23. The third-order valence-electron chi connectivity index (χ3n) is 2.42. The fraction of sp³-hybridized carbons (Fsp3) is 0.857. The summed E-state index contributed by atoms with van der Waals surface area (Å²) in [5, 5.41) is 39.5. The monoisotopic (exact) mass is 251 g/mol. The number of aliphatic hydroxyl groups excluding tert-OH is 4. The second kappa shape index (κ2) is 5.33. The van der Waals surface area contributed by atoms with Crippen LogP contribution in [0.4, 0.5) is 4.79 Å². The molecule has 6 N–H and O–H groups in total. The van der Waals surface area contributed by atoms with Crippen LogP contribution in [0, 0.1) is 4.91 Å². The average molecular weight is 251 g/mol. The summed E-state index contributed by atoms with van der Waals surface area (Å²) in [6.07, 6.45) is -8.00. The quantitative estimate of drug-likeness (QED) is 0.261. The SMILES string of the molecule is NC(=O)N(N=O)C1O[C@H](CO)[C@@H](O)[C@H](O)[C@H]1O. The molecule has 0 spiro atoms. The van der Waals surface area contributed by atoms with E-state index >= 15 is 0 Å². The van der Waals surface area contributed by atoms with E-state index < -0.39 is 43.3 Å². The number of nitroso groups, excluding NO2 is 1. The van der Waals surface area contributed by atoms with Gasteiger partial charge in [-0.1, -0.05) is 0 Å². The van der Waals surface area contributed by atoms with Crippen molar-refractivity contribution in [3.8, 4) is 0 Å². The lowest BCUT2D eigenvalue weighted by Gasteiger charge is -2.41. The molecule has 2 amide bonds. The third kappa shape index (κ3) is 2.50. The Kier molecular flexibility index (Phi) is 4.31. The summed E-state index contributed by atoms with van der Waals surface area (Å²) >= 11 is 0. The number of nitrogens with two attached hydrogens (primary N) is 1. The second-order valence-electron chi connectivity index (χ2n) is 3.48. The summed E-state index contributed by atoms with van der Waals surface area (Å²) in [5.41, 5.74) is 4.80. The molecule has 1 aliphatic heterocycles. The molecule has 1 saturated heterocycles. The molecular weight excluding hydrogens is 238 g/mol. The number of urea groups is 1. The fourth-order valence-electron chi connectivity index (χ4n) is 1.50. The standard InChI is InChI=1S/C7H13N3O7/c8-7(15)10(9-16)6-5(14)4(13)3(12)2(1-11)17-6/h2-6,11-14H,1H2,(H2,8,15)/t2-,3-,4+,5-,6?/m1/s1. The molecule has 0 saturated carbocycles. The molecular formula is C7H13N3O7. The smallest absolute Gasteiger partial charge is 0.340 e. The van der Waals surface area contributed by atoms with Gasteiger partial charge in [-0.25, -0.2) is 4.79 Å². The molecule has 5 atom stereocenters. The molecule has 0 aliphatic carbocycles. The van der Waals surface area contributed by atoms with E-state index in [2.05, 4.69) is 5.29 Å². The largest absolute Gasteiger partial charge is 0.394 e. The van der Waals surface area contributed by atoms with Gasteiger partial charge in [0.05, 0.1) is 11.9 Å². The Balaban J connectivity index is 2.91. The van der Waals surface area contributed by atoms with Crippen LogP contribution in [0.1, 0.15) is 0 Å². The minimum Gasteiger partial charge on any atom is -0.394 e. The lowest BCUT2D eigenvalue weighted by molar-refractivity contribution is -0.257. The molecule has 0 aromatic heterocycles. The number of amides is 2. The van der Waals surface area contributed by atoms with Gasteiger partial charge in [-0.15, -0.1) is 9.92 Å². The average Bonchev–Trinajstić information content (AvgIpc) is 2.29. The van der Waals surface area contributed by atoms with Crippen molar-refractivity contribution in [1.82, 2.24) is 5.01 Å². The first-order chi connectivity index (χ1) is 7.93. The number of hydrogen-bond donors (Lipinski definition) is 5. The third-order valence-corrected chi connectivity index (χ3v) is 2.42. The molecule has 1 unspecified atom stereocenters. The van der Waals surface area contributed by atoms with Crippen molar-refractivity contribution in [2.24, 2.45) is 11.0 Å². The summed E-state index contributed by atoms with van der Waals surface area (Å²) in [6.45, 7) is -0.688. The fourth-order valence-corrected chi connectivity index (χ4v) is 1.50. The summed E-state index contributed by atoms with van der Waals surface area (Å²) in [7, 11) is 0. The molecule has 98 valence electrons. The Morgan fingerprint density at radius 1 is 1.29 bits per heavy atom. The number of nitrogens with zero attached hydrogens (tertiary/aromatic N) is 2. The van der Waals surface area contributed by atoms with E-state index in [9.17, 15) is 25.0 Å². The number of hydrogen-bond acceptors (Lipinski definition) is 8. The number of rotatable bonds is 3. The maximum atomic E-state index is 10.8. The first-order valence-electron chi connectivity index (χ1n) is 4.66. The van der Waals surface area contributed by atoms with Crippen LogP contribution in [0.15, 0.2) is 5.29 Å². The van der Waals surface area contributed by atoms with Gasteiger partial charge in [0, 0.05) is 0 Å². The molecule has 1 rings (SSSR count). The van der Waals surface area contributed by atoms with Gasteiger partial charge in [0.1, 0.15) is 24.4 Å². The van der Waals surface area contributed by atoms with Crippen molar-refractivity contribution < 1.29 is 30.0 Å². The molecule has 1 fully saturated rings. The van der Waals surface area contributed by atoms with Crippen molar-refractivity contribution in [3.63, 3.8) is 0 Å². The topological polar surface area (TPSA) is 166 Å². The van der Waals surface area contributed by atoms with E-state index in [1.54, 1.807) is 0 Å². The van der Waals surface area contributed by atoms with Crippen LogP contribution in [-0.2, 0) is 4.74 Å². The Hall–Kier alpha value is -1.33. The zero-order valence-corrected chi connectivity index (χ0v) is 8.58. The number of carbonyl (C=O) groups is 1. The molecule has 1 heterocycles. The van der Waals surface area contributed by atoms with Gasteiger partial charge in [-0.2, -0.15) is 0 Å². The zero-order valence-electron chi connectivity index (χ0n) is 8.58. The van der Waals surface area contributed by atoms with E-state index in [0.717, 1.165) is 0 Å². The summed E-state index contributed by atoms with van der Waals surface area (Å²) in [4.78, 5) is 21.2. The van der Waals surface area contributed by atoms with Gasteiger partial charge in [-0.05, 0) is 0 Å². The maximum absolute atomic E-state index is 10.8. The Labute approximate surface area is 95.1 Å². The van der Waals surface area contributed by atoms with Gasteiger partial charge in [-0.3, -0.25) is 0 Å². The van der Waals surface area contributed by atoms with E-state index in [1.807, 2.05) is 0 Å². The molecule has 1 aliphatic rings. The van der Waals surface area contributed by atoms with E-state index in [1.165, 1.54) is 0 Å². The number of aliphatic hydroxyl groups is 4. The molecule has 0 radical (unpaired) electrons. The van der Waals surface area contributed by atoms with Crippen molar-refractivity contribution in [3.05, 3.63) is 4.91 Å². The predicted molar refractivity (Wildman–Crippen MR) is 51.0 cm³/mol. The van der Waals surface area contributed by atoms with Crippen LogP contribution >= 0.6 is 0 Å². The lowest BCUT2D eigenvalue weighted by Crippen LogP contribution is -2.63. The minimum absolute atomic E-state index is 0.0719. The van der Waals surface area contributed by atoms with Gasteiger partial charge in [0.15, 0.2) is 6.23 Å². The van der Waals surface area contributed by atoms with Gasteiger partial charge in [0.25, 0.3) is 0 Å². The number of ether oxygens (including phenoxy) is 1. The lowest BCUT2D eigenvalue weighted by atomic mass is 9.98. The Bertz CT molecular complexity index is 299. The number of carbonyl (C=O) groups excluding carboxylic acids is 1. The van der Waals surface area contributed by atoms with E-state index in [4.69, 9.17) is 15.6 Å². The predicted octanol–water partition coefficient (Wildman–Crippen LogP) is -3.15. The van der Waals surface area contributed by atoms with Gasteiger partial charge < -0.3 is 30.9 Å². The van der Waals surface area contributed by atoms with Crippen LogP contribution < -0.4 is 5.73 Å². The molecule has 10 nitrogen and oxygen atoms in total. The summed E-state index contributed by atoms with van der Waals surface area (Å²) in [6, 6.07) is -1.30. The van der Waals surface area contributed by atoms with Crippen molar-refractivity contribution in [1.29, 1.82) is 0 Å². The maximum Gasteiger partial charge on any atom is 0.340 e. The summed E-state index contributed by atoms with van der Waals surface area (Å²) < 4.78 is 4.87. The van der Waals surface area contributed by atoms with Crippen molar-refractivity contribution in [2.75, 3.05) is 6.61 Å². The van der Waals surface area contributed by atoms with Crippen LogP contribution in [-0.4, -0.2) is 68.7 Å². The Morgan fingerprint density at radius 2 is 1.88 bits per heavy atom. The van der Waals surface area contributed by atoms with Crippen molar-refractivity contribution >= 4 is 6.03 Å². The van der Waals surface area contributed by atoms with Gasteiger partial charge in [0.2, 0.25) is 0 Å². The second-order valence-corrected chi connectivity index (χ2v) is 3.48. The zero-order chi connectivity index (χ0) is 13.2. The van der Waals surface area contributed by atoms with Crippen LogP contribution in [0.5, 0.6) is 0 Å². The highest BCUT2D eigenvalue weighted by atomic mass is 16.6. The van der Waals surface area contributed by atoms with E-state index in [-0.39, 0.29) is 5.01 Å². The van der Waals surface area contributed by atoms with Crippen molar-refractivity contribution in [2.45, 2.75) is 30.6 Å². The highest BCUT2D eigenvalue weighted by Gasteiger charge is 2.47. The molecule has 0 aromatic rings. The first kappa shape index (κ1) is 13.7. The normalized spacial score (nSPS) is 37.5. The molecule has 0 bridgehead atoms. The van der Waals surface area contributed by atoms with E-state index in [0.29, 0.717) is 0 Å².